The first-order valence-corrected chi connectivity index (χ1v) is 8.53. The Hall–Kier alpha value is -1.69. The van der Waals surface area contributed by atoms with Gasteiger partial charge in [-0.3, -0.25) is 9.30 Å². The zero-order chi connectivity index (χ0) is 14.9. The molecular weight excluding hydrogens is 292 g/mol. The van der Waals surface area contributed by atoms with E-state index in [9.17, 15) is 0 Å². The van der Waals surface area contributed by atoms with Crippen LogP contribution in [0.5, 0.6) is 0 Å². The third-order valence-electron chi connectivity index (χ3n) is 4.25. The molecule has 3 heterocycles. The Morgan fingerprint density at radius 2 is 1.82 bits per heavy atom. The summed E-state index contributed by atoms with van der Waals surface area (Å²) in [7, 11) is 2.20. The molecule has 5 heteroatoms. The molecule has 4 rings (SSSR count). The molecule has 1 aromatic carbocycles. The molecule has 0 amide bonds. The van der Waals surface area contributed by atoms with E-state index in [2.05, 4.69) is 57.9 Å². The van der Waals surface area contributed by atoms with Gasteiger partial charge in [0.1, 0.15) is 0 Å². The molecular formula is C17H20N4S. The molecule has 1 aliphatic heterocycles. The Balaban J connectivity index is 1.51. The standard InChI is InChI=1S/C17H20N4S/c1-19-7-9-20(10-8-19)11-15-12-21-13-16(18-17(21)22-15)14-5-3-2-4-6-14/h2-6,12-13H,7-11H2,1H3. The second-order valence-electron chi connectivity index (χ2n) is 5.96. The zero-order valence-electron chi connectivity index (χ0n) is 12.8. The van der Waals surface area contributed by atoms with Crippen molar-refractivity contribution in [1.29, 1.82) is 0 Å². The highest BCUT2D eigenvalue weighted by atomic mass is 32.1. The van der Waals surface area contributed by atoms with Crippen LogP contribution in [0, 0.1) is 0 Å². The van der Waals surface area contributed by atoms with Crippen LogP contribution in [0.25, 0.3) is 16.2 Å². The molecule has 0 bridgehead atoms. The first-order valence-electron chi connectivity index (χ1n) is 7.72. The molecule has 0 radical (unpaired) electrons. The highest BCUT2D eigenvalue weighted by molar-refractivity contribution is 7.17. The third-order valence-corrected chi connectivity index (χ3v) is 5.23. The van der Waals surface area contributed by atoms with Crippen LogP contribution in [0.4, 0.5) is 0 Å². The molecule has 0 spiro atoms. The molecule has 1 saturated heterocycles. The average molecular weight is 312 g/mol. The number of hydrogen-bond acceptors (Lipinski definition) is 4. The Morgan fingerprint density at radius 3 is 2.55 bits per heavy atom. The predicted octanol–water partition coefficient (Wildman–Crippen LogP) is 2.81. The third kappa shape index (κ3) is 2.79. The Labute approximate surface area is 134 Å². The number of aromatic nitrogens is 2. The fourth-order valence-corrected chi connectivity index (χ4v) is 3.89. The van der Waals surface area contributed by atoms with Crippen LogP contribution in [0.3, 0.4) is 0 Å². The van der Waals surface area contributed by atoms with Gasteiger partial charge in [-0.1, -0.05) is 41.7 Å². The summed E-state index contributed by atoms with van der Waals surface area (Å²) < 4.78 is 2.17. The van der Waals surface area contributed by atoms with Crippen LogP contribution in [0.2, 0.25) is 0 Å². The zero-order valence-corrected chi connectivity index (χ0v) is 13.6. The van der Waals surface area contributed by atoms with Crippen molar-refractivity contribution >= 4 is 16.3 Å². The quantitative estimate of drug-likeness (QED) is 0.743. The highest BCUT2D eigenvalue weighted by Gasteiger charge is 2.15. The molecule has 114 valence electrons. The second kappa shape index (κ2) is 5.83. The Kier molecular flexibility index (Phi) is 3.70. The lowest BCUT2D eigenvalue weighted by atomic mass is 10.2. The normalized spacial score (nSPS) is 17.3. The lowest BCUT2D eigenvalue weighted by Gasteiger charge is -2.31. The summed E-state index contributed by atoms with van der Waals surface area (Å²) in [5.74, 6) is 0. The number of piperazine rings is 1. The maximum absolute atomic E-state index is 4.76. The van der Waals surface area contributed by atoms with Crippen molar-refractivity contribution in [2.75, 3.05) is 33.2 Å². The smallest absolute Gasteiger partial charge is 0.194 e. The van der Waals surface area contributed by atoms with Gasteiger partial charge in [-0.05, 0) is 7.05 Å². The van der Waals surface area contributed by atoms with Crippen molar-refractivity contribution in [3.8, 4) is 11.3 Å². The van der Waals surface area contributed by atoms with Crippen molar-refractivity contribution in [2.45, 2.75) is 6.54 Å². The number of thiazole rings is 1. The fourth-order valence-electron chi connectivity index (χ4n) is 2.89. The summed E-state index contributed by atoms with van der Waals surface area (Å²) in [6.07, 6.45) is 4.37. The maximum Gasteiger partial charge on any atom is 0.194 e. The van der Waals surface area contributed by atoms with Crippen molar-refractivity contribution in [3.05, 3.63) is 47.6 Å². The Bertz CT molecular complexity index is 722. The van der Waals surface area contributed by atoms with Crippen LogP contribution in [0.15, 0.2) is 42.7 Å². The monoisotopic (exact) mass is 312 g/mol. The van der Waals surface area contributed by atoms with Crippen molar-refractivity contribution in [1.82, 2.24) is 19.2 Å². The van der Waals surface area contributed by atoms with Gasteiger partial charge >= 0.3 is 0 Å². The van der Waals surface area contributed by atoms with Gasteiger partial charge in [-0.2, -0.15) is 0 Å². The second-order valence-corrected chi connectivity index (χ2v) is 7.05. The molecule has 1 aliphatic rings. The molecule has 3 aromatic rings. The molecule has 2 aromatic heterocycles. The highest BCUT2D eigenvalue weighted by Crippen LogP contribution is 2.24. The SMILES string of the molecule is CN1CCN(Cc2cn3cc(-c4ccccc4)nc3s2)CC1. The van der Waals surface area contributed by atoms with Gasteiger partial charge in [0.2, 0.25) is 0 Å². The van der Waals surface area contributed by atoms with E-state index in [0.717, 1.165) is 30.3 Å². The van der Waals surface area contributed by atoms with E-state index in [0.29, 0.717) is 0 Å². The summed E-state index contributed by atoms with van der Waals surface area (Å²) in [5.41, 5.74) is 2.23. The first kappa shape index (κ1) is 13.9. The summed E-state index contributed by atoms with van der Waals surface area (Å²) in [6, 6.07) is 10.4. The van der Waals surface area contributed by atoms with Gasteiger partial charge < -0.3 is 4.90 Å². The Morgan fingerprint density at radius 1 is 1.05 bits per heavy atom. The minimum Gasteiger partial charge on any atom is -0.304 e. The summed E-state index contributed by atoms with van der Waals surface area (Å²) in [6.45, 7) is 5.70. The summed E-state index contributed by atoms with van der Waals surface area (Å²) >= 11 is 1.80. The van der Waals surface area contributed by atoms with Gasteiger partial charge in [0.15, 0.2) is 4.96 Å². The van der Waals surface area contributed by atoms with Crippen LogP contribution in [0.1, 0.15) is 4.88 Å². The van der Waals surface area contributed by atoms with Crippen molar-refractivity contribution in [2.24, 2.45) is 0 Å². The van der Waals surface area contributed by atoms with Crippen molar-refractivity contribution < 1.29 is 0 Å². The van der Waals surface area contributed by atoms with E-state index in [4.69, 9.17) is 4.98 Å². The summed E-state index contributed by atoms with van der Waals surface area (Å²) in [5, 5.41) is 0. The van der Waals surface area contributed by atoms with E-state index in [1.807, 2.05) is 6.07 Å². The van der Waals surface area contributed by atoms with Crippen molar-refractivity contribution in [3.63, 3.8) is 0 Å². The lowest BCUT2D eigenvalue weighted by Crippen LogP contribution is -2.43. The lowest BCUT2D eigenvalue weighted by molar-refractivity contribution is 0.149. The van der Waals surface area contributed by atoms with Crippen LogP contribution >= 0.6 is 11.3 Å². The van der Waals surface area contributed by atoms with E-state index >= 15 is 0 Å². The molecule has 4 nitrogen and oxygen atoms in total. The maximum atomic E-state index is 4.76. The minimum absolute atomic E-state index is 1.04. The average Bonchev–Trinajstić information content (AvgIpc) is 3.09. The number of likely N-dealkylation sites (N-methyl/N-ethyl adjacent to an activating group) is 1. The molecule has 22 heavy (non-hydrogen) atoms. The number of benzene rings is 1. The number of nitrogens with zero attached hydrogens (tertiary/aromatic N) is 4. The predicted molar refractivity (Wildman–Crippen MR) is 91.3 cm³/mol. The fraction of sp³-hybridized carbons (Fsp3) is 0.353. The van der Waals surface area contributed by atoms with Gasteiger partial charge in [0.25, 0.3) is 0 Å². The molecule has 1 fully saturated rings. The van der Waals surface area contributed by atoms with Crippen LogP contribution in [-0.4, -0.2) is 52.4 Å². The van der Waals surface area contributed by atoms with E-state index in [1.54, 1.807) is 11.3 Å². The largest absolute Gasteiger partial charge is 0.304 e. The van der Waals surface area contributed by atoms with Crippen LogP contribution in [-0.2, 0) is 6.54 Å². The van der Waals surface area contributed by atoms with E-state index in [-0.39, 0.29) is 0 Å². The minimum atomic E-state index is 1.04. The first-order chi connectivity index (χ1) is 10.8. The van der Waals surface area contributed by atoms with Crippen LogP contribution < -0.4 is 0 Å². The molecule has 0 unspecified atom stereocenters. The topological polar surface area (TPSA) is 23.8 Å². The summed E-state index contributed by atoms with van der Waals surface area (Å²) in [4.78, 5) is 12.2. The molecule has 0 N–H and O–H groups in total. The van der Waals surface area contributed by atoms with E-state index in [1.165, 1.54) is 23.5 Å². The van der Waals surface area contributed by atoms with Gasteiger partial charge in [0, 0.05) is 55.6 Å². The van der Waals surface area contributed by atoms with Gasteiger partial charge in [-0.25, -0.2) is 4.98 Å². The number of imidazole rings is 1. The van der Waals surface area contributed by atoms with E-state index < -0.39 is 0 Å². The molecule has 0 aliphatic carbocycles. The number of fused-ring (bicyclic) bond motifs is 1. The number of hydrogen-bond donors (Lipinski definition) is 0. The molecule has 0 atom stereocenters. The van der Waals surface area contributed by atoms with Gasteiger partial charge in [-0.15, -0.1) is 0 Å². The molecule has 0 saturated carbocycles. The van der Waals surface area contributed by atoms with Gasteiger partial charge in [0.05, 0.1) is 5.69 Å². The number of rotatable bonds is 3.